The van der Waals surface area contributed by atoms with Gasteiger partial charge in [-0.1, -0.05) is 18.2 Å². The van der Waals surface area contributed by atoms with Crippen LogP contribution >= 0.6 is 0 Å². The van der Waals surface area contributed by atoms with Gasteiger partial charge < -0.3 is 19.5 Å². The lowest BCUT2D eigenvalue weighted by Gasteiger charge is -2.33. The van der Waals surface area contributed by atoms with Crippen LogP contribution in [0.15, 0.2) is 48.8 Å². The van der Waals surface area contributed by atoms with Gasteiger partial charge in [0.2, 0.25) is 5.95 Å². The molecule has 0 amide bonds. The smallest absolute Gasteiger partial charge is 0.387 e. The van der Waals surface area contributed by atoms with Gasteiger partial charge in [-0.25, -0.2) is 4.68 Å². The van der Waals surface area contributed by atoms with E-state index >= 15 is 0 Å². The second kappa shape index (κ2) is 7.94. The fourth-order valence-corrected chi connectivity index (χ4v) is 3.65. The number of hydrogen-bond donors (Lipinski definition) is 1. The van der Waals surface area contributed by atoms with Gasteiger partial charge in [-0.2, -0.15) is 18.9 Å². The van der Waals surface area contributed by atoms with Crippen molar-refractivity contribution < 1.29 is 23.0 Å². The summed E-state index contributed by atoms with van der Waals surface area (Å²) in [7, 11) is 3.19. The fourth-order valence-electron chi connectivity index (χ4n) is 3.65. The molecule has 3 aromatic rings. The van der Waals surface area contributed by atoms with Crippen molar-refractivity contribution >= 4 is 5.95 Å². The minimum Gasteiger partial charge on any atom is -0.497 e. The molecular formula is C20H20F2N4O3. The lowest BCUT2D eigenvalue weighted by molar-refractivity contribution is -0.0506. The Kier molecular flexibility index (Phi) is 5.20. The monoisotopic (exact) mass is 402 g/mol. The van der Waals surface area contributed by atoms with Crippen LogP contribution in [0.3, 0.4) is 0 Å². The van der Waals surface area contributed by atoms with Crippen LogP contribution in [-0.2, 0) is 0 Å². The van der Waals surface area contributed by atoms with Crippen molar-refractivity contribution in [2.45, 2.75) is 25.1 Å². The van der Waals surface area contributed by atoms with Gasteiger partial charge in [-0.3, -0.25) is 0 Å². The highest BCUT2D eigenvalue weighted by atomic mass is 19.3. The topological polar surface area (TPSA) is 70.4 Å². The van der Waals surface area contributed by atoms with Crippen molar-refractivity contribution in [2.75, 3.05) is 19.5 Å². The molecule has 29 heavy (non-hydrogen) atoms. The summed E-state index contributed by atoms with van der Waals surface area (Å²) < 4.78 is 43.2. The van der Waals surface area contributed by atoms with E-state index in [-0.39, 0.29) is 17.8 Å². The minimum atomic E-state index is -2.90. The molecule has 0 saturated carbocycles. The summed E-state index contributed by atoms with van der Waals surface area (Å²) in [5.41, 5.74) is 1.48. The number of benzene rings is 2. The first-order valence-electron chi connectivity index (χ1n) is 9.02. The zero-order valence-electron chi connectivity index (χ0n) is 15.9. The number of alkyl halides is 2. The largest absolute Gasteiger partial charge is 0.497 e. The third-order valence-electron chi connectivity index (χ3n) is 4.94. The molecule has 0 fully saturated rings. The maximum Gasteiger partial charge on any atom is 0.387 e. The quantitative estimate of drug-likeness (QED) is 0.671. The zero-order valence-corrected chi connectivity index (χ0v) is 15.9. The van der Waals surface area contributed by atoms with Gasteiger partial charge in [0.25, 0.3) is 0 Å². The molecule has 2 atom stereocenters. The Morgan fingerprint density at radius 1 is 1.07 bits per heavy atom. The Balaban J connectivity index is 1.77. The van der Waals surface area contributed by atoms with Crippen molar-refractivity contribution in [2.24, 2.45) is 0 Å². The second-order valence-electron chi connectivity index (χ2n) is 6.50. The lowest BCUT2D eigenvalue weighted by atomic mass is 9.92. The van der Waals surface area contributed by atoms with Crippen LogP contribution in [0.1, 0.15) is 29.6 Å². The van der Waals surface area contributed by atoms with Crippen LogP contribution in [-0.4, -0.2) is 35.6 Å². The molecule has 1 N–H and O–H groups in total. The number of halogens is 2. The van der Waals surface area contributed by atoms with Crippen LogP contribution in [0, 0.1) is 0 Å². The number of ether oxygens (including phenoxy) is 3. The number of fused-ring (bicyclic) bond motifs is 1. The Morgan fingerprint density at radius 2 is 1.90 bits per heavy atom. The molecule has 152 valence electrons. The van der Waals surface area contributed by atoms with Gasteiger partial charge in [0.1, 0.15) is 23.6 Å². The number of rotatable bonds is 6. The highest BCUT2D eigenvalue weighted by Crippen LogP contribution is 2.43. The predicted octanol–water partition coefficient (Wildman–Crippen LogP) is 4.04. The predicted molar refractivity (Wildman–Crippen MR) is 102 cm³/mol. The van der Waals surface area contributed by atoms with Gasteiger partial charge in [-0.15, -0.1) is 0 Å². The molecular weight excluding hydrogens is 382 g/mol. The van der Waals surface area contributed by atoms with Crippen LogP contribution in [0.5, 0.6) is 17.2 Å². The molecule has 0 unspecified atom stereocenters. The minimum absolute atomic E-state index is 0.129. The fraction of sp³-hybridized carbons (Fsp3) is 0.300. The number of aromatic nitrogens is 3. The van der Waals surface area contributed by atoms with E-state index < -0.39 is 6.61 Å². The van der Waals surface area contributed by atoms with Crippen molar-refractivity contribution in [1.82, 2.24) is 14.8 Å². The molecule has 7 nitrogen and oxygen atoms in total. The summed E-state index contributed by atoms with van der Waals surface area (Å²) in [5.74, 6) is 2.02. The third-order valence-corrected chi connectivity index (χ3v) is 4.94. The molecule has 0 aliphatic carbocycles. The van der Waals surface area contributed by atoms with E-state index in [1.165, 1.54) is 12.4 Å². The molecule has 1 aromatic heterocycles. The number of anilines is 1. The maximum absolute atomic E-state index is 12.9. The van der Waals surface area contributed by atoms with Crippen LogP contribution in [0.25, 0.3) is 0 Å². The summed E-state index contributed by atoms with van der Waals surface area (Å²) in [6, 6.07) is 11.7. The zero-order chi connectivity index (χ0) is 20.4. The Hall–Kier alpha value is -3.36. The van der Waals surface area contributed by atoms with Gasteiger partial charge in [0.05, 0.1) is 26.3 Å². The summed E-state index contributed by atoms with van der Waals surface area (Å²) in [4.78, 5) is 4.28. The molecule has 0 spiro atoms. The standard InChI is InChI=1S/C20H20F2N4O3/c1-27-12-7-8-17(28-2)14(9-12)16-10-15(25-20-23-11-24-26(16)20)13-5-3-4-6-18(13)29-19(21)22/h3-9,11,15-16,19H,10H2,1-2H3,(H,23,24,25)/t15-,16-/m1/s1. The summed E-state index contributed by atoms with van der Waals surface area (Å²) in [5, 5.41) is 7.60. The first kappa shape index (κ1) is 19.0. The Labute approximate surface area is 166 Å². The second-order valence-corrected chi connectivity index (χ2v) is 6.50. The van der Waals surface area contributed by atoms with Gasteiger partial charge in [0.15, 0.2) is 0 Å². The van der Waals surface area contributed by atoms with E-state index in [2.05, 4.69) is 15.4 Å². The molecule has 2 heterocycles. The van der Waals surface area contributed by atoms with Crippen LogP contribution in [0.2, 0.25) is 0 Å². The van der Waals surface area contributed by atoms with E-state index in [1.807, 2.05) is 18.2 Å². The molecule has 0 bridgehead atoms. The van der Waals surface area contributed by atoms with E-state index in [1.54, 1.807) is 37.1 Å². The highest BCUT2D eigenvalue weighted by molar-refractivity contribution is 5.48. The molecule has 1 aliphatic rings. The molecule has 4 rings (SSSR count). The van der Waals surface area contributed by atoms with E-state index in [9.17, 15) is 8.78 Å². The van der Waals surface area contributed by atoms with Crippen molar-refractivity contribution in [1.29, 1.82) is 0 Å². The van der Waals surface area contributed by atoms with Crippen molar-refractivity contribution in [3.8, 4) is 17.2 Å². The van der Waals surface area contributed by atoms with E-state index in [4.69, 9.17) is 14.2 Å². The first-order valence-corrected chi connectivity index (χ1v) is 9.02. The van der Waals surface area contributed by atoms with Gasteiger partial charge in [-0.05, 0) is 30.7 Å². The number of nitrogens with zero attached hydrogens (tertiary/aromatic N) is 3. The van der Waals surface area contributed by atoms with Crippen LogP contribution < -0.4 is 19.5 Å². The lowest BCUT2D eigenvalue weighted by Crippen LogP contribution is -2.28. The number of methoxy groups -OCH3 is 2. The average molecular weight is 402 g/mol. The Morgan fingerprint density at radius 3 is 2.66 bits per heavy atom. The van der Waals surface area contributed by atoms with Gasteiger partial charge >= 0.3 is 6.61 Å². The average Bonchev–Trinajstić information content (AvgIpc) is 3.21. The third kappa shape index (κ3) is 3.67. The number of para-hydroxylation sites is 1. The van der Waals surface area contributed by atoms with E-state index in [0.29, 0.717) is 29.4 Å². The number of hydrogen-bond acceptors (Lipinski definition) is 6. The highest BCUT2D eigenvalue weighted by Gasteiger charge is 2.33. The first-order chi connectivity index (χ1) is 14.1. The molecule has 1 aliphatic heterocycles. The van der Waals surface area contributed by atoms with Gasteiger partial charge in [0, 0.05) is 11.1 Å². The molecule has 9 heteroatoms. The normalized spacial score (nSPS) is 18.1. The number of nitrogens with one attached hydrogen (secondary N) is 1. The SMILES string of the molecule is COc1ccc(OC)c([C@H]2C[C@H](c3ccccc3OC(F)F)Nc3ncnn32)c1. The molecule has 2 aromatic carbocycles. The summed E-state index contributed by atoms with van der Waals surface area (Å²) >= 11 is 0. The summed E-state index contributed by atoms with van der Waals surface area (Å²) in [6.07, 6.45) is 1.97. The molecule has 0 radical (unpaired) electrons. The maximum atomic E-state index is 12.9. The van der Waals surface area contributed by atoms with E-state index in [0.717, 1.165) is 5.56 Å². The Bertz CT molecular complexity index is 995. The van der Waals surface area contributed by atoms with Crippen molar-refractivity contribution in [3.05, 3.63) is 59.9 Å². The van der Waals surface area contributed by atoms with Crippen LogP contribution in [0.4, 0.5) is 14.7 Å². The summed E-state index contributed by atoms with van der Waals surface area (Å²) in [6.45, 7) is -2.90. The van der Waals surface area contributed by atoms with Crippen molar-refractivity contribution in [3.63, 3.8) is 0 Å². The molecule has 0 saturated heterocycles.